The lowest BCUT2D eigenvalue weighted by atomic mass is 9.78. The third kappa shape index (κ3) is 3.93. The van der Waals surface area contributed by atoms with Crippen molar-refractivity contribution < 1.29 is 13.2 Å². The van der Waals surface area contributed by atoms with E-state index in [-0.39, 0.29) is 17.8 Å². The molecular weight excluding hydrogens is 411 g/mol. The van der Waals surface area contributed by atoms with E-state index < -0.39 is 11.7 Å². The average molecular weight is 433 g/mol. The molecule has 2 aliphatic carbocycles. The predicted molar refractivity (Wildman–Crippen MR) is 106 cm³/mol. The van der Waals surface area contributed by atoms with Crippen LogP contribution in [0.4, 0.5) is 30.8 Å². The summed E-state index contributed by atoms with van der Waals surface area (Å²) < 4.78 is 41.5. The van der Waals surface area contributed by atoms with E-state index in [4.69, 9.17) is 5.10 Å². The van der Waals surface area contributed by atoms with Crippen LogP contribution in [0, 0.1) is 0 Å². The van der Waals surface area contributed by atoms with Gasteiger partial charge in [-0.1, -0.05) is 0 Å². The van der Waals surface area contributed by atoms with Crippen LogP contribution in [0.15, 0.2) is 24.7 Å². The molecule has 2 fully saturated rings. The van der Waals surface area contributed by atoms with Gasteiger partial charge in [0.05, 0.1) is 30.2 Å². The van der Waals surface area contributed by atoms with Gasteiger partial charge in [0.1, 0.15) is 17.2 Å². The highest BCUT2D eigenvalue weighted by Crippen LogP contribution is 2.46. The smallest absolute Gasteiger partial charge is 0.370 e. The van der Waals surface area contributed by atoms with E-state index in [0.717, 1.165) is 37.6 Å². The minimum absolute atomic E-state index is 0.101. The van der Waals surface area contributed by atoms with Crippen LogP contribution in [0.1, 0.15) is 61.9 Å². The molecule has 0 saturated heterocycles. The first-order valence-electron chi connectivity index (χ1n) is 10.3. The van der Waals surface area contributed by atoms with Gasteiger partial charge in [-0.3, -0.25) is 0 Å². The van der Waals surface area contributed by atoms with Crippen LogP contribution in [-0.2, 0) is 6.18 Å². The van der Waals surface area contributed by atoms with Crippen molar-refractivity contribution in [3.8, 4) is 0 Å². The van der Waals surface area contributed by atoms with Crippen molar-refractivity contribution in [2.45, 2.75) is 56.8 Å². The van der Waals surface area contributed by atoms with Gasteiger partial charge in [0, 0.05) is 24.7 Å². The first-order chi connectivity index (χ1) is 14.9. The Morgan fingerprint density at radius 2 is 1.87 bits per heavy atom. The predicted octanol–water partition coefficient (Wildman–Crippen LogP) is 3.91. The van der Waals surface area contributed by atoms with E-state index in [2.05, 4.69) is 30.8 Å². The van der Waals surface area contributed by atoms with Gasteiger partial charge in [-0.05, 0) is 32.6 Å². The molecule has 0 bridgehead atoms. The number of halogens is 3. The standard InChI is InChI=1S/C19H22F3N9/c1-2-23-17-14(19(20,21)22)10-24-18(28-17)27-16-9-15(29-30(16)12-3-4-12)11-7-13(8-11)31-25-5-6-26-31/h5-6,9-13H,2-4,7-8H2,1H3,(H2,23,24,27,28). The van der Waals surface area contributed by atoms with Gasteiger partial charge in [0.25, 0.3) is 0 Å². The Bertz CT molecular complexity index is 1050. The largest absolute Gasteiger partial charge is 0.421 e. The SMILES string of the molecule is CCNc1nc(Nc2cc(C3CC(n4nccn4)C3)nn2C2CC2)ncc1C(F)(F)F. The summed E-state index contributed by atoms with van der Waals surface area (Å²) in [6.07, 6.45) is 3.47. The number of nitrogens with one attached hydrogen (secondary N) is 2. The van der Waals surface area contributed by atoms with Gasteiger partial charge in [0.15, 0.2) is 0 Å². The number of rotatable bonds is 7. The summed E-state index contributed by atoms with van der Waals surface area (Å²) >= 11 is 0. The van der Waals surface area contributed by atoms with Crippen LogP contribution >= 0.6 is 0 Å². The molecule has 31 heavy (non-hydrogen) atoms. The summed E-state index contributed by atoms with van der Waals surface area (Å²) in [5.41, 5.74) is 0.0701. The molecule has 2 aliphatic rings. The third-order valence-electron chi connectivity index (χ3n) is 5.62. The Morgan fingerprint density at radius 3 is 2.52 bits per heavy atom. The van der Waals surface area contributed by atoms with Crippen LogP contribution in [0.25, 0.3) is 0 Å². The van der Waals surface area contributed by atoms with Crippen molar-refractivity contribution in [3.05, 3.63) is 35.9 Å². The van der Waals surface area contributed by atoms with E-state index in [9.17, 15) is 13.2 Å². The Kier molecular flexibility index (Phi) is 4.78. The van der Waals surface area contributed by atoms with Gasteiger partial charge in [-0.15, -0.1) is 0 Å². The summed E-state index contributed by atoms with van der Waals surface area (Å²) in [5.74, 6) is 0.853. The summed E-state index contributed by atoms with van der Waals surface area (Å²) in [6, 6.07) is 2.51. The maximum atomic E-state index is 13.2. The van der Waals surface area contributed by atoms with Crippen molar-refractivity contribution in [2.75, 3.05) is 17.2 Å². The summed E-state index contributed by atoms with van der Waals surface area (Å²) in [6.45, 7) is 2.03. The molecule has 0 radical (unpaired) electrons. The lowest BCUT2D eigenvalue weighted by Crippen LogP contribution is -2.27. The second kappa shape index (κ2) is 7.50. The molecule has 164 valence electrons. The van der Waals surface area contributed by atoms with Gasteiger partial charge < -0.3 is 10.6 Å². The maximum Gasteiger partial charge on any atom is 0.421 e. The van der Waals surface area contributed by atoms with Crippen molar-refractivity contribution in [3.63, 3.8) is 0 Å². The lowest BCUT2D eigenvalue weighted by Gasteiger charge is -2.33. The first-order valence-corrected chi connectivity index (χ1v) is 10.3. The highest BCUT2D eigenvalue weighted by molar-refractivity contribution is 5.55. The van der Waals surface area contributed by atoms with E-state index in [1.54, 1.807) is 24.1 Å². The summed E-state index contributed by atoms with van der Waals surface area (Å²) in [7, 11) is 0. The van der Waals surface area contributed by atoms with Crippen molar-refractivity contribution >= 4 is 17.6 Å². The average Bonchev–Trinajstić information content (AvgIpc) is 3.22. The fourth-order valence-corrected chi connectivity index (χ4v) is 3.80. The van der Waals surface area contributed by atoms with Crippen LogP contribution in [-0.4, -0.2) is 41.3 Å². The van der Waals surface area contributed by atoms with Gasteiger partial charge in [0.2, 0.25) is 5.95 Å². The Balaban J connectivity index is 1.36. The third-order valence-corrected chi connectivity index (χ3v) is 5.62. The molecule has 12 heteroatoms. The highest BCUT2D eigenvalue weighted by atomic mass is 19.4. The second-order valence-electron chi connectivity index (χ2n) is 7.91. The Morgan fingerprint density at radius 1 is 1.13 bits per heavy atom. The normalized spacial score (nSPS) is 21.0. The molecule has 9 nitrogen and oxygen atoms in total. The van der Waals surface area contributed by atoms with E-state index in [1.807, 2.05) is 10.7 Å². The molecule has 2 saturated carbocycles. The molecule has 2 N–H and O–H groups in total. The van der Waals surface area contributed by atoms with Crippen molar-refractivity contribution in [2.24, 2.45) is 0 Å². The topological polar surface area (TPSA) is 98.4 Å². The van der Waals surface area contributed by atoms with E-state index >= 15 is 0 Å². The van der Waals surface area contributed by atoms with E-state index in [0.29, 0.717) is 24.3 Å². The van der Waals surface area contributed by atoms with E-state index in [1.165, 1.54) is 0 Å². The first kappa shape index (κ1) is 19.8. The molecule has 0 unspecified atom stereocenters. The molecular formula is C19H22F3N9. The summed E-state index contributed by atoms with van der Waals surface area (Å²) in [5, 5.41) is 18.9. The molecule has 0 aromatic carbocycles. The zero-order valence-electron chi connectivity index (χ0n) is 16.8. The molecule has 0 atom stereocenters. The van der Waals surface area contributed by atoms with Crippen molar-refractivity contribution in [1.82, 2.24) is 34.7 Å². The monoisotopic (exact) mass is 433 g/mol. The van der Waals surface area contributed by atoms with Crippen LogP contribution in [0.2, 0.25) is 0 Å². The van der Waals surface area contributed by atoms with Gasteiger partial charge in [-0.2, -0.15) is 38.2 Å². The number of nitrogens with zero attached hydrogens (tertiary/aromatic N) is 7. The fourth-order valence-electron chi connectivity index (χ4n) is 3.80. The number of hydrogen-bond donors (Lipinski definition) is 2. The molecule has 3 aromatic rings. The van der Waals surface area contributed by atoms with Crippen molar-refractivity contribution in [1.29, 1.82) is 0 Å². The molecule has 0 amide bonds. The molecule has 3 heterocycles. The van der Waals surface area contributed by atoms with Gasteiger partial charge in [-0.25, -0.2) is 9.67 Å². The van der Waals surface area contributed by atoms with Gasteiger partial charge >= 0.3 is 6.18 Å². The number of hydrogen-bond acceptors (Lipinski definition) is 7. The molecule has 0 aliphatic heterocycles. The highest BCUT2D eigenvalue weighted by Gasteiger charge is 2.37. The maximum absolute atomic E-state index is 13.2. The molecule has 0 spiro atoms. The Labute approximate surface area is 176 Å². The lowest BCUT2D eigenvalue weighted by molar-refractivity contribution is -0.137. The summed E-state index contributed by atoms with van der Waals surface area (Å²) in [4.78, 5) is 9.69. The quantitative estimate of drug-likeness (QED) is 0.583. The minimum Gasteiger partial charge on any atom is -0.370 e. The minimum atomic E-state index is -4.52. The Hall–Kier alpha value is -3.18. The van der Waals surface area contributed by atoms with Crippen LogP contribution in [0.3, 0.4) is 0 Å². The number of alkyl halides is 3. The zero-order valence-corrected chi connectivity index (χ0v) is 16.8. The van der Waals surface area contributed by atoms with Crippen LogP contribution < -0.4 is 10.6 Å². The zero-order chi connectivity index (χ0) is 21.6. The number of aromatic nitrogens is 7. The van der Waals surface area contributed by atoms with Crippen LogP contribution in [0.5, 0.6) is 0 Å². The second-order valence-corrected chi connectivity index (χ2v) is 7.91. The molecule has 3 aromatic heterocycles. The number of anilines is 3. The molecule has 5 rings (SSSR count). The fraction of sp³-hybridized carbons (Fsp3) is 0.526.